The molecule has 0 aromatic heterocycles. The molecule has 2 aliphatic heterocycles. The Balaban J connectivity index is 0.00000288. The van der Waals surface area contributed by atoms with Crippen LogP contribution in [-0.2, 0) is 14.2 Å². The van der Waals surface area contributed by atoms with Crippen LogP contribution in [-0.4, -0.2) is 75.7 Å². The van der Waals surface area contributed by atoms with E-state index in [1.54, 1.807) is 7.11 Å². The van der Waals surface area contributed by atoms with Crippen LogP contribution < -0.4 is 5.32 Å². The molecule has 2 heterocycles. The molecule has 2 unspecified atom stereocenters. The molecular formula is C17H34BrN3O3. The van der Waals surface area contributed by atoms with E-state index in [4.69, 9.17) is 14.2 Å². The molecule has 0 radical (unpaired) electrons. The number of hydrogen-bond acceptors (Lipinski definition) is 4. The smallest absolute Gasteiger partial charge is 0.193 e. The molecule has 2 aliphatic rings. The molecule has 0 aromatic carbocycles. The lowest BCUT2D eigenvalue weighted by Gasteiger charge is -2.41. The van der Waals surface area contributed by atoms with Gasteiger partial charge in [0.25, 0.3) is 0 Å². The average Bonchev–Trinajstić information content (AvgIpc) is 2.62. The molecular weight excluding hydrogens is 374 g/mol. The highest BCUT2D eigenvalue weighted by molar-refractivity contribution is 8.93. The van der Waals surface area contributed by atoms with E-state index >= 15 is 0 Å². The van der Waals surface area contributed by atoms with Gasteiger partial charge in [-0.1, -0.05) is 13.8 Å². The summed E-state index contributed by atoms with van der Waals surface area (Å²) < 4.78 is 17.4. The Hall–Kier alpha value is -0.370. The second kappa shape index (κ2) is 10.6. The van der Waals surface area contributed by atoms with Gasteiger partial charge in [0, 0.05) is 59.8 Å². The Morgan fingerprint density at radius 2 is 1.79 bits per heavy atom. The summed E-state index contributed by atoms with van der Waals surface area (Å²) in [7, 11) is 3.65. The summed E-state index contributed by atoms with van der Waals surface area (Å²) in [4.78, 5) is 6.82. The number of rotatable bonds is 5. The molecule has 0 aliphatic carbocycles. The fraction of sp³-hybridized carbons (Fsp3) is 0.941. The minimum absolute atomic E-state index is 0. The quantitative estimate of drug-likeness (QED) is 0.559. The maximum absolute atomic E-state index is 6.08. The van der Waals surface area contributed by atoms with Crippen molar-refractivity contribution in [2.24, 2.45) is 4.99 Å². The minimum atomic E-state index is -0.144. The first-order valence-corrected chi connectivity index (χ1v) is 8.90. The summed E-state index contributed by atoms with van der Waals surface area (Å²) in [5, 5.41) is 3.53. The maximum Gasteiger partial charge on any atom is 0.193 e. The molecule has 2 atom stereocenters. The molecule has 0 bridgehead atoms. The van der Waals surface area contributed by atoms with E-state index in [-0.39, 0.29) is 34.8 Å². The standard InChI is InChI=1S/C17H33N3O3.BrH/c1-5-14-11-20(12-15(6-2)23-14)16(18-3)19-13-17(21-4)7-9-22-10-8-17;/h14-15H,5-13H2,1-4H3,(H,18,19);1H. The average molecular weight is 408 g/mol. The van der Waals surface area contributed by atoms with Gasteiger partial charge in [0.05, 0.1) is 17.8 Å². The van der Waals surface area contributed by atoms with Crippen LogP contribution in [0, 0.1) is 0 Å². The minimum Gasteiger partial charge on any atom is -0.381 e. The van der Waals surface area contributed by atoms with Crippen LogP contribution in [0.3, 0.4) is 0 Å². The van der Waals surface area contributed by atoms with Crippen LogP contribution in [0.5, 0.6) is 0 Å². The lowest BCUT2D eigenvalue weighted by atomic mass is 9.94. The highest BCUT2D eigenvalue weighted by atomic mass is 79.9. The Kier molecular flexibility index (Phi) is 9.56. The molecule has 2 saturated heterocycles. The number of halogens is 1. The summed E-state index contributed by atoms with van der Waals surface area (Å²) >= 11 is 0. The number of morpholine rings is 1. The largest absolute Gasteiger partial charge is 0.381 e. The summed E-state index contributed by atoms with van der Waals surface area (Å²) in [5.41, 5.74) is -0.144. The van der Waals surface area contributed by atoms with Crippen molar-refractivity contribution in [2.75, 3.05) is 47.0 Å². The zero-order chi connectivity index (χ0) is 16.7. The zero-order valence-electron chi connectivity index (χ0n) is 15.5. The number of hydrogen-bond donors (Lipinski definition) is 1. The van der Waals surface area contributed by atoms with E-state index in [2.05, 4.69) is 29.1 Å². The molecule has 0 spiro atoms. The van der Waals surface area contributed by atoms with Gasteiger partial charge in [-0.05, 0) is 12.8 Å². The molecule has 7 heteroatoms. The van der Waals surface area contributed by atoms with E-state index < -0.39 is 0 Å². The Morgan fingerprint density at radius 1 is 1.21 bits per heavy atom. The fourth-order valence-corrected chi connectivity index (χ4v) is 3.32. The molecule has 0 saturated carbocycles. The van der Waals surface area contributed by atoms with Crippen LogP contribution >= 0.6 is 17.0 Å². The van der Waals surface area contributed by atoms with Gasteiger partial charge in [0.1, 0.15) is 0 Å². The molecule has 142 valence electrons. The van der Waals surface area contributed by atoms with Crippen LogP contribution in [0.1, 0.15) is 39.5 Å². The van der Waals surface area contributed by atoms with E-state index in [0.29, 0.717) is 0 Å². The summed E-state index contributed by atoms with van der Waals surface area (Å²) in [5.74, 6) is 0.952. The highest BCUT2D eigenvalue weighted by Crippen LogP contribution is 2.24. The Labute approximate surface area is 157 Å². The van der Waals surface area contributed by atoms with Gasteiger partial charge in [0.2, 0.25) is 0 Å². The predicted octanol–water partition coefficient (Wildman–Crippen LogP) is 2.22. The van der Waals surface area contributed by atoms with Gasteiger partial charge in [-0.3, -0.25) is 4.99 Å². The second-order valence-corrected chi connectivity index (χ2v) is 6.50. The third-order valence-electron chi connectivity index (χ3n) is 5.06. The number of guanidine groups is 1. The molecule has 1 N–H and O–H groups in total. The van der Waals surface area contributed by atoms with E-state index in [1.807, 2.05) is 7.05 Å². The Bertz CT molecular complexity index is 377. The lowest BCUT2D eigenvalue weighted by molar-refractivity contribution is -0.0871. The number of ether oxygens (including phenoxy) is 3. The van der Waals surface area contributed by atoms with Gasteiger partial charge in [-0.25, -0.2) is 0 Å². The molecule has 2 rings (SSSR count). The van der Waals surface area contributed by atoms with E-state index in [9.17, 15) is 0 Å². The monoisotopic (exact) mass is 407 g/mol. The van der Waals surface area contributed by atoms with Crippen molar-refractivity contribution in [2.45, 2.75) is 57.3 Å². The number of nitrogens with one attached hydrogen (secondary N) is 1. The molecule has 24 heavy (non-hydrogen) atoms. The van der Waals surface area contributed by atoms with Crippen molar-refractivity contribution in [3.05, 3.63) is 0 Å². The topological polar surface area (TPSA) is 55.3 Å². The maximum atomic E-state index is 6.08. The summed E-state index contributed by atoms with van der Waals surface area (Å²) in [6, 6.07) is 0. The first-order valence-electron chi connectivity index (χ1n) is 8.90. The third kappa shape index (κ3) is 5.58. The van der Waals surface area contributed by atoms with Crippen LogP contribution in [0.2, 0.25) is 0 Å². The van der Waals surface area contributed by atoms with Crippen molar-refractivity contribution in [1.29, 1.82) is 0 Å². The van der Waals surface area contributed by atoms with Crippen LogP contribution in [0.15, 0.2) is 4.99 Å². The lowest BCUT2D eigenvalue weighted by Crippen LogP contribution is -2.56. The zero-order valence-corrected chi connectivity index (χ0v) is 17.3. The van der Waals surface area contributed by atoms with Crippen molar-refractivity contribution in [3.8, 4) is 0 Å². The van der Waals surface area contributed by atoms with Gasteiger partial charge in [-0.15, -0.1) is 17.0 Å². The molecule has 0 amide bonds. The van der Waals surface area contributed by atoms with Crippen LogP contribution in [0.25, 0.3) is 0 Å². The third-order valence-corrected chi connectivity index (χ3v) is 5.06. The van der Waals surface area contributed by atoms with Gasteiger partial charge < -0.3 is 24.4 Å². The number of nitrogens with zero attached hydrogens (tertiary/aromatic N) is 2. The summed E-state index contributed by atoms with van der Waals surface area (Å²) in [6.45, 7) is 8.46. The first kappa shape index (κ1) is 21.7. The SMILES string of the molecule is Br.CCC1CN(C(=NC)NCC2(OC)CCOCC2)CC(CC)O1. The predicted molar refractivity (Wildman–Crippen MR) is 102 cm³/mol. The van der Waals surface area contributed by atoms with Crippen LogP contribution in [0.4, 0.5) is 0 Å². The van der Waals surface area contributed by atoms with Crippen molar-refractivity contribution in [1.82, 2.24) is 10.2 Å². The Morgan fingerprint density at radius 3 is 2.25 bits per heavy atom. The molecule has 2 fully saturated rings. The fourth-order valence-electron chi connectivity index (χ4n) is 3.32. The van der Waals surface area contributed by atoms with Gasteiger partial charge in [0.15, 0.2) is 5.96 Å². The van der Waals surface area contributed by atoms with E-state index in [0.717, 1.165) is 64.5 Å². The normalized spacial score (nSPS) is 27.5. The number of aliphatic imine (C=N–C) groups is 1. The van der Waals surface area contributed by atoms with Crippen molar-refractivity contribution < 1.29 is 14.2 Å². The first-order chi connectivity index (χ1) is 11.2. The van der Waals surface area contributed by atoms with E-state index in [1.165, 1.54) is 0 Å². The van der Waals surface area contributed by atoms with Gasteiger partial charge in [-0.2, -0.15) is 0 Å². The van der Waals surface area contributed by atoms with Crippen molar-refractivity contribution in [3.63, 3.8) is 0 Å². The number of methoxy groups -OCH3 is 1. The second-order valence-electron chi connectivity index (χ2n) is 6.50. The molecule has 0 aromatic rings. The summed E-state index contributed by atoms with van der Waals surface area (Å²) in [6.07, 6.45) is 4.47. The highest BCUT2D eigenvalue weighted by Gasteiger charge is 2.34. The molecule has 6 nitrogen and oxygen atoms in total. The van der Waals surface area contributed by atoms with Gasteiger partial charge >= 0.3 is 0 Å². The van der Waals surface area contributed by atoms with Crippen molar-refractivity contribution >= 4 is 22.9 Å².